The van der Waals surface area contributed by atoms with E-state index in [1.807, 2.05) is 0 Å². The van der Waals surface area contributed by atoms with Crippen LogP contribution in [0.2, 0.25) is 10.6 Å². The molecule has 0 atom stereocenters. The Hall–Kier alpha value is 0.0225. The summed E-state index contributed by atoms with van der Waals surface area (Å²) in [5, 5.41) is 11.0. The van der Waals surface area contributed by atoms with E-state index in [-0.39, 0.29) is 0 Å². The Kier molecular flexibility index (Phi) is 6.16. The van der Waals surface area contributed by atoms with Crippen molar-refractivity contribution in [3.8, 4) is 4.93 Å². The second-order valence-electron chi connectivity index (χ2n) is 2.40. The first-order chi connectivity index (χ1) is 4.35. The van der Waals surface area contributed by atoms with Crippen molar-refractivity contribution in [3.05, 3.63) is 0 Å². The molecular weight excluding hydrogens is 125 g/mol. The molecule has 0 aromatic carbocycles. The molecule has 2 heteroatoms. The summed E-state index contributed by atoms with van der Waals surface area (Å²) in [6.07, 6.45) is 2.40. The minimum Gasteiger partial charge on any atom is -0.225 e. The van der Waals surface area contributed by atoms with E-state index in [4.69, 9.17) is 5.26 Å². The first kappa shape index (κ1) is 9.02. The summed E-state index contributed by atoms with van der Waals surface area (Å²) in [5.74, 6) is 0. The molecule has 0 aliphatic heterocycles. The summed E-state index contributed by atoms with van der Waals surface area (Å²) in [7, 11) is 0. The summed E-state index contributed by atoms with van der Waals surface area (Å²) in [6, 6.07) is 0. The van der Waals surface area contributed by atoms with Gasteiger partial charge in [0.1, 0.15) is 0 Å². The molecule has 0 aliphatic carbocycles. The third-order valence-corrected chi connectivity index (χ3v) is 4.37. The van der Waals surface area contributed by atoms with Gasteiger partial charge in [-0.15, -0.1) is 0 Å². The molecule has 0 bridgehead atoms. The van der Waals surface area contributed by atoms with Gasteiger partial charge in [0.2, 0.25) is 0 Å². The maximum Gasteiger partial charge on any atom is 0.422 e. The zero-order valence-electron chi connectivity index (χ0n) is 6.35. The third-order valence-electron chi connectivity index (χ3n) is 1.46. The van der Waals surface area contributed by atoms with Gasteiger partial charge in [-0.1, -0.05) is 42.2 Å². The molecule has 1 nitrogen and oxygen atoms in total. The largest absolute Gasteiger partial charge is 0.422 e. The van der Waals surface area contributed by atoms with E-state index in [9.17, 15) is 0 Å². The molecule has 0 saturated heterocycles. The average molecular weight is 139 g/mol. The monoisotopic (exact) mass is 139 g/mol. The van der Waals surface area contributed by atoms with Crippen LogP contribution in [0.3, 0.4) is 0 Å². The van der Waals surface area contributed by atoms with Crippen LogP contribution in [0.1, 0.15) is 26.7 Å². The van der Waals surface area contributed by atoms with Crippen molar-refractivity contribution in [2.24, 2.45) is 0 Å². The summed E-state index contributed by atoms with van der Waals surface area (Å²) in [4.78, 5) is 2.44. The zero-order chi connectivity index (χ0) is 7.11. The van der Waals surface area contributed by atoms with Crippen LogP contribution in [0.4, 0.5) is 0 Å². The second-order valence-corrected chi connectivity index (χ2v) is 5.21. The highest BCUT2D eigenvalue weighted by Crippen LogP contribution is 2.03. The molecule has 0 fully saturated rings. The number of rotatable bonds is 4. The number of nitrogens with zero attached hydrogens (tertiary/aromatic N) is 1. The van der Waals surface area contributed by atoms with Gasteiger partial charge in [0.25, 0.3) is 0 Å². The van der Waals surface area contributed by atoms with Crippen LogP contribution >= 0.6 is 0 Å². The smallest absolute Gasteiger partial charge is 0.225 e. The first-order valence-electron chi connectivity index (χ1n) is 3.74. The van der Waals surface area contributed by atoms with Crippen LogP contribution in [0.5, 0.6) is 0 Å². The maximum absolute atomic E-state index is 8.60. The Balaban J connectivity index is 3.32. The van der Waals surface area contributed by atoms with Gasteiger partial charge in [-0.25, -0.2) is 5.26 Å². The summed E-state index contributed by atoms with van der Waals surface area (Å²) >= 11 is -0.907. The van der Waals surface area contributed by atoms with Crippen LogP contribution in [-0.4, -0.2) is 14.1 Å². The highest BCUT2D eigenvalue weighted by molar-refractivity contribution is 6.66. The molecule has 0 N–H and O–H groups in total. The highest BCUT2D eigenvalue weighted by atomic mass is 27.2. The third kappa shape index (κ3) is 4.52. The molecule has 9 heavy (non-hydrogen) atoms. The molecule has 0 aromatic rings. The van der Waals surface area contributed by atoms with E-state index < -0.39 is 14.1 Å². The van der Waals surface area contributed by atoms with Gasteiger partial charge >= 0.3 is 14.1 Å². The minimum atomic E-state index is -0.907. The predicted molar refractivity (Wildman–Crippen MR) is 41.6 cm³/mol. The molecule has 0 unspecified atom stereocenters. The van der Waals surface area contributed by atoms with E-state index in [2.05, 4.69) is 18.8 Å². The molecule has 0 aromatic heterocycles. The Bertz CT molecular complexity index is 89.6. The van der Waals surface area contributed by atoms with Crippen molar-refractivity contribution < 1.29 is 0 Å². The molecule has 0 radical (unpaired) electrons. The van der Waals surface area contributed by atoms with E-state index in [0.717, 1.165) is 0 Å². The van der Waals surface area contributed by atoms with Crippen LogP contribution < -0.4 is 0 Å². The first-order valence-corrected chi connectivity index (χ1v) is 5.95. The van der Waals surface area contributed by atoms with Gasteiger partial charge in [0.05, 0.1) is 0 Å². The van der Waals surface area contributed by atoms with Crippen LogP contribution in [0.25, 0.3) is 0 Å². The standard InChI is InChI=1S/2C3H7.CN.Al/c2*1-3-2;1-2;/h2*1,3H2,2H3;;. The van der Waals surface area contributed by atoms with Gasteiger partial charge in [-0.2, -0.15) is 0 Å². The fourth-order valence-electron chi connectivity index (χ4n) is 0.970. The maximum atomic E-state index is 8.60. The van der Waals surface area contributed by atoms with E-state index in [1.165, 1.54) is 23.4 Å². The highest BCUT2D eigenvalue weighted by Gasteiger charge is 2.13. The predicted octanol–water partition coefficient (Wildman–Crippen LogP) is 2.36. The molecule has 0 heterocycles. The molecule has 50 valence electrons. The van der Waals surface area contributed by atoms with Gasteiger partial charge in [-0.05, 0) is 0 Å². The van der Waals surface area contributed by atoms with Crippen LogP contribution in [-0.2, 0) is 0 Å². The Labute approximate surface area is 62.1 Å². The van der Waals surface area contributed by atoms with Crippen molar-refractivity contribution in [2.45, 2.75) is 37.3 Å². The fourth-order valence-corrected chi connectivity index (χ4v) is 2.91. The lowest BCUT2D eigenvalue weighted by Gasteiger charge is -1.95. The van der Waals surface area contributed by atoms with E-state index in [1.54, 1.807) is 0 Å². The van der Waals surface area contributed by atoms with Gasteiger partial charge in [-0.3, -0.25) is 0 Å². The lowest BCUT2D eigenvalue weighted by molar-refractivity contribution is 1.01. The number of hydrogen-bond acceptors (Lipinski definition) is 1. The lowest BCUT2D eigenvalue weighted by atomic mass is 10.6. The van der Waals surface area contributed by atoms with Crippen molar-refractivity contribution in [2.75, 3.05) is 0 Å². The number of hydrogen-bond donors (Lipinski definition) is 0. The van der Waals surface area contributed by atoms with Gasteiger partial charge < -0.3 is 0 Å². The van der Waals surface area contributed by atoms with Crippen LogP contribution in [0, 0.1) is 10.2 Å². The van der Waals surface area contributed by atoms with Gasteiger partial charge in [0, 0.05) is 0 Å². The SMILES string of the molecule is CC[CH2][Al]([C]#N)[CH2]CC. The Morgan fingerprint density at radius 3 is 1.89 bits per heavy atom. The molecular formula is C7H14AlN. The van der Waals surface area contributed by atoms with Crippen molar-refractivity contribution >= 4 is 14.1 Å². The second kappa shape index (κ2) is 6.15. The van der Waals surface area contributed by atoms with E-state index >= 15 is 0 Å². The fraction of sp³-hybridized carbons (Fsp3) is 0.857. The van der Waals surface area contributed by atoms with Crippen molar-refractivity contribution in [1.29, 1.82) is 5.26 Å². The summed E-state index contributed by atoms with van der Waals surface area (Å²) < 4.78 is 0. The zero-order valence-corrected chi connectivity index (χ0v) is 7.51. The Morgan fingerprint density at radius 2 is 1.67 bits per heavy atom. The van der Waals surface area contributed by atoms with Crippen LogP contribution in [0.15, 0.2) is 0 Å². The molecule has 0 amide bonds. The van der Waals surface area contributed by atoms with Gasteiger partial charge in [0.15, 0.2) is 0 Å². The number of nitriles is 1. The molecule has 0 rings (SSSR count). The quantitative estimate of drug-likeness (QED) is 0.548. The molecule has 0 saturated carbocycles. The van der Waals surface area contributed by atoms with E-state index in [0.29, 0.717) is 0 Å². The summed E-state index contributed by atoms with van der Waals surface area (Å²) in [6.45, 7) is 4.32. The van der Waals surface area contributed by atoms with Crippen molar-refractivity contribution in [1.82, 2.24) is 0 Å². The Morgan fingerprint density at radius 1 is 1.22 bits per heavy atom. The topological polar surface area (TPSA) is 23.8 Å². The lowest BCUT2D eigenvalue weighted by Crippen LogP contribution is -2.07. The normalized spacial score (nSPS) is 8.56. The summed E-state index contributed by atoms with van der Waals surface area (Å²) in [5.41, 5.74) is 0. The minimum absolute atomic E-state index is 0.907. The van der Waals surface area contributed by atoms with Crippen molar-refractivity contribution in [3.63, 3.8) is 0 Å². The average Bonchev–Trinajstić information content (AvgIpc) is 1.88. The molecule has 0 spiro atoms. The molecule has 0 aliphatic rings.